The number of hydrogen-bond donors (Lipinski definition) is 2. The molecule has 1 heterocycles. The van der Waals surface area contributed by atoms with Gasteiger partial charge in [0.1, 0.15) is 0 Å². The maximum atomic E-state index is 10.5. The maximum Gasteiger partial charge on any atom is 0.303 e. The topological polar surface area (TPSA) is 62.2 Å². The number of aliphatic carboxylic acids is 1. The lowest BCUT2D eigenvalue weighted by Gasteiger charge is -2.19. The molecule has 0 bridgehead atoms. The van der Waals surface area contributed by atoms with Crippen LogP contribution in [0.1, 0.15) is 39.3 Å². The van der Waals surface area contributed by atoms with Crippen LogP contribution in [0.4, 0.5) is 5.13 Å². The van der Waals surface area contributed by atoms with Gasteiger partial charge in [-0.25, -0.2) is 4.98 Å². The minimum Gasteiger partial charge on any atom is -0.481 e. The molecule has 1 unspecified atom stereocenters. The summed E-state index contributed by atoms with van der Waals surface area (Å²) < 4.78 is 0. The number of rotatable bonds is 7. The Morgan fingerprint density at radius 3 is 2.82 bits per heavy atom. The Balaban J connectivity index is 2.52. The molecule has 2 N–H and O–H groups in total. The van der Waals surface area contributed by atoms with E-state index in [9.17, 15) is 4.79 Å². The van der Waals surface area contributed by atoms with E-state index < -0.39 is 5.97 Å². The first-order valence-electron chi connectivity index (χ1n) is 5.95. The molecule has 96 valence electrons. The normalized spacial score (nSPS) is 12.7. The van der Waals surface area contributed by atoms with Gasteiger partial charge in [-0.3, -0.25) is 4.79 Å². The van der Waals surface area contributed by atoms with Gasteiger partial charge in [0.25, 0.3) is 0 Å². The van der Waals surface area contributed by atoms with E-state index in [-0.39, 0.29) is 6.42 Å². The van der Waals surface area contributed by atoms with E-state index in [2.05, 4.69) is 31.1 Å². The molecular weight excluding hydrogens is 236 g/mol. The molecule has 0 aliphatic carbocycles. The highest BCUT2D eigenvalue weighted by Crippen LogP contribution is 2.20. The zero-order valence-corrected chi connectivity index (χ0v) is 11.4. The SMILES string of the molecule is CCC(Nc1nc(CCC(=O)O)cs1)C(C)C. The second kappa shape index (κ2) is 6.59. The summed E-state index contributed by atoms with van der Waals surface area (Å²) in [4.78, 5) is 14.8. The van der Waals surface area contributed by atoms with Crippen molar-refractivity contribution >= 4 is 22.4 Å². The number of carboxylic acid groups (broad SMARTS) is 1. The van der Waals surface area contributed by atoms with Gasteiger partial charge in [-0.05, 0) is 12.3 Å². The fourth-order valence-electron chi connectivity index (χ4n) is 1.62. The smallest absolute Gasteiger partial charge is 0.303 e. The molecular formula is C12H20N2O2S. The van der Waals surface area contributed by atoms with Crippen LogP contribution < -0.4 is 5.32 Å². The largest absolute Gasteiger partial charge is 0.481 e. The van der Waals surface area contributed by atoms with E-state index in [1.165, 1.54) is 0 Å². The second-order valence-electron chi connectivity index (χ2n) is 4.44. The number of carboxylic acids is 1. The summed E-state index contributed by atoms with van der Waals surface area (Å²) in [5.74, 6) is -0.215. The first-order valence-corrected chi connectivity index (χ1v) is 6.83. The summed E-state index contributed by atoms with van der Waals surface area (Å²) in [5, 5.41) is 14.8. The van der Waals surface area contributed by atoms with Crippen LogP contribution in [0.15, 0.2) is 5.38 Å². The van der Waals surface area contributed by atoms with E-state index in [1.54, 1.807) is 11.3 Å². The lowest BCUT2D eigenvalue weighted by Crippen LogP contribution is -2.24. The van der Waals surface area contributed by atoms with Crippen molar-refractivity contribution in [2.45, 2.75) is 46.1 Å². The lowest BCUT2D eigenvalue weighted by molar-refractivity contribution is -0.136. The Kier molecular flexibility index (Phi) is 5.41. The van der Waals surface area contributed by atoms with Crippen molar-refractivity contribution in [3.8, 4) is 0 Å². The zero-order chi connectivity index (χ0) is 12.8. The maximum absolute atomic E-state index is 10.5. The predicted octanol–water partition coefficient (Wildman–Crippen LogP) is 3.01. The third-order valence-corrected chi connectivity index (χ3v) is 3.52. The van der Waals surface area contributed by atoms with Crippen molar-refractivity contribution in [2.24, 2.45) is 5.92 Å². The third kappa shape index (κ3) is 4.73. The second-order valence-corrected chi connectivity index (χ2v) is 5.30. The fourth-order valence-corrected chi connectivity index (χ4v) is 2.43. The average Bonchev–Trinajstić information content (AvgIpc) is 2.70. The Hall–Kier alpha value is -1.10. The summed E-state index contributed by atoms with van der Waals surface area (Å²) in [6.07, 6.45) is 1.71. The molecule has 0 spiro atoms. The van der Waals surface area contributed by atoms with Gasteiger partial charge in [-0.1, -0.05) is 20.8 Å². The summed E-state index contributed by atoms with van der Waals surface area (Å²) in [5.41, 5.74) is 0.860. The Labute approximate surface area is 106 Å². The van der Waals surface area contributed by atoms with Crippen LogP contribution in [-0.2, 0) is 11.2 Å². The van der Waals surface area contributed by atoms with E-state index in [1.807, 2.05) is 5.38 Å². The number of nitrogens with zero attached hydrogens (tertiary/aromatic N) is 1. The van der Waals surface area contributed by atoms with Crippen molar-refractivity contribution < 1.29 is 9.90 Å². The van der Waals surface area contributed by atoms with E-state index in [0.29, 0.717) is 18.4 Å². The van der Waals surface area contributed by atoms with Gasteiger partial charge in [-0.15, -0.1) is 11.3 Å². The van der Waals surface area contributed by atoms with Crippen LogP contribution in [0.2, 0.25) is 0 Å². The highest BCUT2D eigenvalue weighted by molar-refractivity contribution is 7.13. The molecule has 5 heteroatoms. The Bertz CT molecular complexity index is 363. The fraction of sp³-hybridized carbons (Fsp3) is 0.667. The van der Waals surface area contributed by atoms with Crippen molar-refractivity contribution in [2.75, 3.05) is 5.32 Å². The molecule has 0 aromatic carbocycles. The van der Waals surface area contributed by atoms with Crippen LogP contribution in [0.3, 0.4) is 0 Å². The van der Waals surface area contributed by atoms with E-state index >= 15 is 0 Å². The minimum atomic E-state index is -0.777. The highest BCUT2D eigenvalue weighted by atomic mass is 32.1. The first-order chi connectivity index (χ1) is 8.02. The number of aromatic nitrogens is 1. The molecule has 0 saturated heterocycles. The molecule has 0 amide bonds. The minimum absolute atomic E-state index is 0.143. The van der Waals surface area contributed by atoms with Gasteiger partial charge in [0, 0.05) is 17.8 Å². The van der Waals surface area contributed by atoms with E-state index in [0.717, 1.165) is 17.2 Å². The number of thiazole rings is 1. The molecule has 1 atom stereocenters. The zero-order valence-electron chi connectivity index (χ0n) is 10.6. The van der Waals surface area contributed by atoms with Crippen LogP contribution in [0, 0.1) is 5.92 Å². The third-order valence-electron chi connectivity index (χ3n) is 2.70. The summed E-state index contributed by atoms with van der Waals surface area (Å²) in [6, 6.07) is 0.425. The van der Waals surface area contributed by atoms with Gasteiger partial charge in [0.05, 0.1) is 12.1 Å². The van der Waals surface area contributed by atoms with Crippen LogP contribution in [0.5, 0.6) is 0 Å². The van der Waals surface area contributed by atoms with Crippen LogP contribution in [-0.4, -0.2) is 22.1 Å². The van der Waals surface area contributed by atoms with Crippen LogP contribution in [0.25, 0.3) is 0 Å². The molecule has 1 aromatic heterocycles. The number of hydrogen-bond acceptors (Lipinski definition) is 4. The monoisotopic (exact) mass is 256 g/mol. The number of anilines is 1. The summed E-state index contributed by atoms with van der Waals surface area (Å²) in [6.45, 7) is 6.51. The number of aryl methyl sites for hydroxylation is 1. The first kappa shape index (κ1) is 14.0. The molecule has 1 aromatic rings. The van der Waals surface area contributed by atoms with Gasteiger partial charge >= 0.3 is 5.97 Å². The van der Waals surface area contributed by atoms with Crippen molar-refractivity contribution in [3.63, 3.8) is 0 Å². The van der Waals surface area contributed by atoms with Gasteiger partial charge in [-0.2, -0.15) is 0 Å². The Morgan fingerprint density at radius 2 is 2.29 bits per heavy atom. The standard InChI is InChI=1S/C12H20N2O2S/c1-4-10(8(2)3)14-12-13-9(7-17-12)5-6-11(15)16/h7-8,10H,4-6H2,1-3H3,(H,13,14)(H,15,16). The molecule has 0 radical (unpaired) electrons. The predicted molar refractivity (Wildman–Crippen MR) is 70.6 cm³/mol. The molecule has 0 aliphatic rings. The quantitative estimate of drug-likeness (QED) is 0.787. The van der Waals surface area contributed by atoms with Crippen molar-refractivity contribution in [1.29, 1.82) is 0 Å². The van der Waals surface area contributed by atoms with E-state index in [4.69, 9.17) is 5.11 Å². The number of carbonyl (C=O) groups is 1. The summed E-state index contributed by atoms with van der Waals surface area (Å²) in [7, 11) is 0. The molecule has 17 heavy (non-hydrogen) atoms. The van der Waals surface area contributed by atoms with Crippen molar-refractivity contribution in [3.05, 3.63) is 11.1 Å². The van der Waals surface area contributed by atoms with Crippen molar-refractivity contribution in [1.82, 2.24) is 4.98 Å². The molecule has 4 nitrogen and oxygen atoms in total. The van der Waals surface area contributed by atoms with Gasteiger partial charge in [0.2, 0.25) is 0 Å². The lowest BCUT2D eigenvalue weighted by atomic mass is 10.0. The molecule has 0 aliphatic heterocycles. The molecule has 1 rings (SSSR count). The highest BCUT2D eigenvalue weighted by Gasteiger charge is 2.12. The number of nitrogens with one attached hydrogen (secondary N) is 1. The Morgan fingerprint density at radius 1 is 1.59 bits per heavy atom. The molecule has 0 saturated carbocycles. The van der Waals surface area contributed by atoms with Gasteiger partial charge < -0.3 is 10.4 Å². The summed E-state index contributed by atoms with van der Waals surface area (Å²) >= 11 is 1.55. The average molecular weight is 256 g/mol. The van der Waals surface area contributed by atoms with Crippen LogP contribution >= 0.6 is 11.3 Å². The van der Waals surface area contributed by atoms with Gasteiger partial charge in [0.15, 0.2) is 5.13 Å². The molecule has 0 fully saturated rings.